The Bertz CT molecular complexity index is 295. The maximum atomic E-state index is 5.70. The van der Waals surface area contributed by atoms with Crippen LogP contribution in [0.2, 0.25) is 39.3 Å². The molecule has 0 heterocycles. The van der Waals surface area contributed by atoms with E-state index in [-0.39, 0.29) is 0 Å². The van der Waals surface area contributed by atoms with Crippen LogP contribution in [0.15, 0.2) is 5.57 Å². The summed E-state index contributed by atoms with van der Waals surface area (Å²) in [5.41, 5.74) is 6.92. The molecule has 0 N–H and O–H groups in total. The molecule has 0 aromatic rings. The smallest absolute Gasteiger partial charge is 0.126 e. The maximum absolute atomic E-state index is 5.70. The summed E-state index contributed by atoms with van der Waals surface area (Å²) >= 11 is 0. The fourth-order valence-electron chi connectivity index (χ4n) is 0.541. The van der Waals surface area contributed by atoms with E-state index in [1.807, 2.05) is 0 Å². The fourth-order valence-corrected chi connectivity index (χ4v) is 1.56. The normalized spacial score (nSPS) is 10.7. The van der Waals surface area contributed by atoms with Crippen molar-refractivity contribution in [3.8, 4) is 22.9 Å². The predicted molar refractivity (Wildman–Crippen MR) is 70.1 cm³/mol. The van der Waals surface area contributed by atoms with Crippen molar-refractivity contribution in [2.45, 2.75) is 39.3 Å². The monoisotopic (exact) mass is 219 g/mol. The van der Waals surface area contributed by atoms with E-state index < -0.39 is 16.1 Å². The molecular weight excluding hydrogens is 200 g/mol. The van der Waals surface area contributed by atoms with Gasteiger partial charge in [-0.25, -0.2) is 0 Å². The van der Waals surface area contributed by atoms with Crippen molar-refractivity contribution in [1.82, 2.24) is 0 Å². The van der Waals surface area contributed by atoms with Gasteiger partial charge in [-0.05, 0) is 6.58 Å². The van der Waals surface area contributed by atoms with Gasteiger partial charge in [-0.1, -0.05) is 51.1 Å². The molecular formula is C12H19Si2. The molecule has 75 valence electrons. The Morgan fingerprint density at radius 2 is 1.07 bits per heavy atom. The Morgan fingerprint density at radius 3 is 1.29 bits per heavy atom. The Hall–Kier alpha value is -0.706. The summed E-state index contributed by atoms with van der Waals surface area (Å²) < 4.78 is 0. The average molecular weight is 219 g/mol. The van der Waals surface area contributed by atoms with Crippen LogP contribution in [0, 0.1) is 29.5 Å². The van der Waals surface area contributed by atoms with E-state index in [4.69, 9.17) is 6.58 Å². The minimum absolute atomic E-state index is 0.523. The highest BCUT2D eigenvalue weighted by Gasteiger charge is 2.08. The van der Waals surface area contributed by atoms with Crippen LogP contribution in [0.3, 0.4) is 0 Å². The van der Waals surface area contributed by atoms with Crippen molar-refractivity contribution < 1.29 is 0 Å². The molecule has 0 fully saturated rings. The number of hydrogen-bond acceptors (Lipinski definition) is 0. The van der Waals surface area contributed by atoms with E-state index in [1.165, 1.54) is 0 Å². The lowest BCUT2D eigenvalue weighted by molar-refractivity contribution is 1.79. The van der Waals surface area contributed by atoms with Gasteiger partial charge >= 0.3 is 0 Å². The van der Waals surface area contributed by atoms with Crippen LogP contribution < -0.4 is 0 Å². The lowest BCUT2D eigenvalue weighted by Gasteiger charge is -2.04. The van der Waals surface area contributed by atoms with Crippen molar-refractivity contribution in [2.75, 3.05) is 0 Å². The molecule has 0 unspecified atom stereocenters. The summed E-state index contributed by atoms with van der Waals surface area (Å²) in [7, 11) is -2.63. The summed E-state index contributed by atoms with van der Waals surface area (Å²) in [6, 6.07) is 0. The molecule has 0 spiro atoms. The summed E-state index contributed by atoms with van der Waals surface area (Å²) in [5.74, 6) is 5.90. The van der Waals surface area contributed by atoms with E-state index in [0.717, 1.165) is 0 Å². The first kappa shape index (κ1) is 13.3. The van der Waals surface area contributed by atoms with Gasteiger partial charge in [0.1, 0.15) is 16.1 Å². The number of hydrogen-bond donors (Lipinski definition) is 0. The van der Waals surface area contributed by atoms with Gasteiger partial charge in [0.2, 0.25) is 0 Å². The Kier molecular flexibility index (Phi) is 4.45. The molecule has 0 aromatic carbocycles. The summed E-state index contributed by atoms with van der Waals surface area (Å²) in [6.45, 7) is 18.9. The van der Waals surface area contributed by atoms with Crippen LogP contribution in [-0.2, 0) is 0 Å². The molecule has 0 rings (SSSR count). The highest BCUT2D eigenvalue weighted by Crippen LogP contribution is 1.99. The van der Waals surface area contributed by atoms with Gasteiger partial charge in [0.25, 0.3) is 0 Å². The van der Waals surface area contributed by atoms with Crippen LogP contribution in [0.25, 0.3) is 0 Å². The van der Waals surface area contributed by atoms with Gasteiger partial charge in [0.05, 0.1) is 5.57 Å². The third-order valence-electron chi connectivity index (χ3n) is 1.14. The molecule has 14 heavy (non-hydrogen) atoms. The summed E-state index contributed by atoms with van der Waals surface area (Å²) in [4.78, 5) is 0. The molecule has 0 nitrogen and oxygen atoms in total. The molecule has 1 radical (unpaired) electrons. The minimum atomic E-state index is -1.31. The molecule has 0 aliphatic rings. The molecule has 0 saturated heterocycles. The Morgan fingerprint density at radius 1 is 0.786 bits per heavy atom. The standard InChI is InChI=1S/C12H19Si2/c1-12(8-10-13(2,3)4)9-11-14(5,6)7/h1H,2-7H3. The fraction of sp³-hybridized carbons (Fsp3) is 0.500. The van der Waals surface area contributed by atoms with Crippen molar-refractivity contribution in [3.63, 3.8) is 0 Å². The molecule has 0 amide bonds. The quantitative estimate of drug-likeness (QED) is 0.434. The van der Waals surface area contributed by atoms with Crippen LogP contribution in [0.4, 0.5) is 0 Å². The van der Waals surface area contributed by atoms with Crippen molar-refractivity contribution in [3.05, 3.63) is 12.2 Å². The lowest BCUT2D eigenvalue weighted by atomic mass is 10.3. The van der Waals surface area contributed by atoms with E-state index in [2.05, 4.69) is 62.2 Å². The van der Waals surface area contributed by atoms with E-state index in [0.29, 0.717) is 5.57 Å². The van der Waals surface area contributed by atoms with Gasteiger partial charge < -0.3 is 0 Å². The highest BCUT2D eigenvalue weighted by molar-refractivity contribution is 6.84. The zero-order valence-electron chi connectivity index (χ0n) is 10.1. The summed E-state index contributed by atoms with van der Waals surface area (Å²) in [6.07, 6.45) is 0. The number of rotatable bonds is 0. The second kappa shape index (κ2) is 4.69. The Labute approximate surface area is 90.8 Å². The van der Waals surface area contributed by atoms with Crippen LogP contribution in [0.1, 0.15) is 0 Å². The van der Waals surface area contributed by atoms with Gasteiger partial charge in [0.15, 0.2) is 0 Å². The molecule has 0 atom stereocenters. The van der Waals surface area contributed by atoms with Gasteiger partial charge in [-0.15, -0.1) is 11.1 Å². The Balaban J connectivity index is 4.51. The largest absolute Gasteiger partial charge is 0.129 e. The first-order valence-electron chi connectivity index (χ1n) is 4.79. The zero-order chi connectivity index (χ0) is 11.4. The predicted octanol–water partition coefficient (Wildman–Crippen LogP) is 3.11. The van der Waals surface area contributed by atoms with E-state index in [9.17, 15) is 0 Å². The van der Waals surface area contributed by atoms with Crippen molar-refractivity contribution >= 4 is 16.1 Å². The first-order valence-corrected chi connectivity index (χ1v) is 11.8. The molecule has 0 saturated carbocycles. The first-order chi connectivity index (χ1) is 6.10. The van der Waals surface area contributed by atoms with E-state index >= 15 is 0 Å². The molecule has 2 heteroatoms. The lowest BCUT2D eigenvalue weighted by Crippen LogP contribution is -2.17. The average Bonchev–Trinajstić information content (AvgIpc) is 1.94. The van der Waals surface area contributed by atoms with Crippen molar-refractivity contribution in [2.24, 2.45) is 0 Å². The topological polar surface area (TPSA) is 0 Å². The third-order valence-corrected chi connectivity index (χ3v) is 2.89. The molecule has 0 aliphatic heterocycles. The maximum Gasteiger partial charge on any atom is 0.129 e. The highest BCUT2D eigenvalue weighted by atomic mass is 28.3. The van der Waals surface area contributed by atoms with Gasteiger partial charge in [0, 0.05) is 0 Å². The molecule has 0 aromatic heterocycles. The van der Waals surface area contributed by atoms with Gasteiger partial charge in [-0.3, -0.25) is 0 Å². The number of allylic oxidation sites excluding steroid dienone is 1. The second-order valence-corrected chi connectivity index (χ2v) is 14.9. The molecule has 0 aliphatic carbocycles. The van der Waals surface area contributed by atoms with E-state index in [1.54, 1.807) is 0 Å². The molecule has 0 bridgehead atoms. The van der Waals surface area contributed by atoms with Crippen LogP contribution >= 0.6 is 0 Å². The van der Waals surface area contributed by atoms with Crippen molar-refractivity contribution in [1.29, 1.82) is 0 Å². The summed E-state index contributed by atoms with van der Waals surface area (Å²) in [5, 5.41) is 0. The minimum Gasteiger partial charge on any atom is -0.126 e. The van der Waals surface area contributed by atoms with Crippen LogP contribution in [-0.4, -0.2) is 16.1 Å². The van der Waals surface area contributed by atoms with Gasteiger partial charge in [-0.2, -0.15) is 0 Å². The second-order valence-electron chi connectivity index (χ2n) is 5.41. The third kappa shape index (κ3) is 9.38. The zero-order valence-corrected chi connectivity index (χ0v) is 12.1. The van der Waals surface area contributed by atoms with Crippen LogP contribution in [0.5, 0.6) is 0 Å². The SMILES string of the molecule is [CH]=C(C#C[Si](C)(C)C)C#C[Si](C)(C)C.